The number of halogens is 1. The molecule has 1 amide bonds. The number of aromatic nitrogens is 1. The van der Waals surface area contributed by atoms with E-state index in [1.807, 2.05) is 30.3 Å². The Labute approximate surface area is 141 Å². The summed E-state index contributed by atoms with van der Waals surface area (Å²) in [7, 11) is 0. The third-order valence-corrected chi connectivity index (χ3v) is 4.12. The highest BCUT2D eigenvalue weighted by atomic mass is 35.5. The molecule has 0 aliphatic rings. The fourth-order valence-electron chi connectivity index (χ4n) is 1.92. The second-order valence-electron chi connectivity index (χ2n) is 4.59. The zero-order valence-electron chi connectivity index (χ0n) is 11.7. The predicted molar refractivity (Wildman–Crippen MR) is 89.5 cm³/mol. The van der Waals surface area contributed by atoms with E-state index in [9.17, 15) is 4.79 Å². The molecule has 114 valence electrons. The number of fused-ring (bicyclic) bond motifs is 1. The number of nitriles is 1. The van der Waals surface area contributed by atoms with Gasteiger partial charge in [0.2, 0.25) is 5.91 Å². The number of benzene rings is 2. The van der Waals surface area contributed by atoms with Gasteiger partial charge in [-0.15, -0.1) is 0 Å². The van der Waals surface area contributed by atoms with Crippen molar-refractivity contribution in [2.24, 2.45) is 0 Å². The first-order valence-electron chi connectivity index (χ1n) is 6.63. The van der Waals surface area contributed by atoms with Crippen LogP contribution in [0.2, 0.25) is 5.02 Å². The highest BCUT2D eigenvalue weighted by molar-refractivity contribution is 7.99. The van der Waals surface area contributed by atoms with Crippen LogP contribution in [-0.4, -0.2) is 16.6 Å². The van der Waals surface area contributed by atoms with Crippen LogP contribution in [0.5, 0.6) is 0 Å². The molecule has 0 fully saturated rings. The molecule has 7 heteroatoms. The standard InChI is InChI=1S/C16H10ClN3O2S/c17-12-7-11(6-5-10(12)8-18)19-15(21)9-23-16-20-13-3-1-2-4-14(13)22-16/h1-7H,9H2,(H,19,21). The largest absolute Gasteiger partial charge is 0.431 e. The van der Waals surface area contributed by atoms with E-state index in [4.69, 9.17) is 21.3 Å². The van der Waals surface area contributed by atoms with Crippen molar-refractivity contribution < 1.29 is 9.21 Å². The van der Waals surface area contributed by atoms with Gasteiger partial charge in [0.1, 0.15) is 11.6 Å². The highest BCUT2D eigenvalue weighted by Gasteiger charge is 2.10. The van der Waals surface area contributed by atoms with Crippen molar-refractivity contribution >= 4 is 46.1 Å². The summed E-state index contributed by atoms with van der Waals surface area (Å²) in [5.74, 6) is -0.0530. The Kier molecular flexibility index (Phi) is 4.51. The summed E-state index contributed by atoms with van der Waals surface area (Å²) >= 11 is 7.14. The minimum atomic E-state index is -0.210. The van der Waals surface area contributed by atoms with Gasteiger partial charge in [-0.05, 0) is 30.3 Å². The minimum Gasteiger partial charge on any atom is -0.431 e. The third kappa shape index (κ3) is 3.65. The molecular formula is C16H10ClN3O2S. The van der Waals surface area contributed by atoms with E-state index < -0.39 is 0 Å². The predicted octanol–water partition coefficient (Wildman–Crippen LogP) is 4.08. The normalized spacial score (nSPS) is 10.4. The maximum atomic E-state index is 12.0. The summed E-state index contributed by atoms with van der Waals surface area (Å²) < 4.78 is 5.53. The Morgan fingerprint density at radius 3 is 2.91 bits per heavy atom. The van der Waals surface area contributed by atoms with Crippen molar-refractivity contribution in [3.8, 4) is 6.07 Å². The number of carbonyl (C=O) groups excluding carboxylic acids is 1. The molecule has 5 nitrogen and oxygen atoms in total. The van der Waals surface area contributed by atoms with E-state index in [1.54, 1.807) is 18.2 Å². The van der Waals surface area contributed by atoms with Crippen LogP contribution in [0.1, 0.15) is 5.56 Å². The number of thioether (sulfide) groups is 1. The molecule has 0 unspecified atom stereocenters. The van der Waals surface area contributed by atoms with Crippen LogP contribution in [0.4, 0.5) is 5.69 Å². The zero-order chi connectivity index (χ0) is 16.2. The second-order valence-corrected chi connectivity index (χ2v) is 5.92. The van der Waals surface area contributed by atoms with E-state index in [2.05, 4.69) is 10.3 Å². The number of rotatable bonds is 4. The number of oxazole rings is 1. The van der Waals surface area contributed by atoms with E-state index in [-0.39, 0.29) is 11.7 Å². The fourth-order valence-corrected chi connectivity index (χ4v) is 2.78. The lowest BCUT2D eigenvalue weighted by atomic mass is 10.2. The lowest BCUT2D eigenvalue weighted by Crippen LogP contribution is -2.14. The molecule has 0 atom stereocenters. The van der Waals surface area contributed by atoms with Crippen LogP contribution in [0.15, 0.2) is 52.1 Å². The number of amides is 1. The van der Waals surface area contributed by atoms with Crippen LogP contribution in [0.25, 0.3) is 11.1 Å². The first-order chi connectivity index (χ1) is 11.2. The van der Waals surface area contributed by atoms with Gasteiger partial charge in [-0.2, -0.15) is 5.26 Å². The Balaban J connectivity index is 1.61. The second kappa shape index (κ2) is 6.73. The molecule has 0 aliphatic carbocycles. The van der Waals surface area contributed by atoms with Gasteiger partial charge in [0.25, 0.3) is 5.22 Å². The molecule has 1 N–H and O–H groups in total. The van der Waals surface area contributed by atoms with Crippen molar-refractivity contribution in [1.29, 1.82) is 5.26 Å². The van der Waals surface area contributed by atoms with E-state index >= 15 is 0 Å². The maximum absolute atomic E-state index is 12.0. The van der Waals surface area contributed by atoms with Crippen molar-refractivity contribution in [1.82, 2.24) is 4.98 Å². The SMILES string of the molecule is N#Cc1ccc(NC(=O)CSc2nc3ccccc3o2)cc1Cl. The number of anilines is 1. The van der Waals surface area contributed by atoms with Crippen LogP contribution >= 0.6 is 23.4 Å². The molecule has 0 bridgehead atoms. The van der Waals surface area contributed by atoms with E-state index in [0.29, 0.717) is 27.1 Å². The van der Waals surface area contributed by atoms with Gasteiger partial charge in [0.05, 0.1) is 16.3 Å². The van der Waals surface area contributed by atoms with Gasteiger partial charge in [-0.3, -0.25) is 4.79 Å². The van der Waals surface area contributed by atoms with Gasteiger partial charge in [0.15, 0.2) is 5.58 Å². The van der Waals surface area contributed by atoms with Gasteiger partial charge in [0, 0.05) is 5.69 Å². The van der Waals surface area contributed by atoms with Gasteiger partial charge < -0.3 is 9.73 Å². The summed E-state index contributed by atoms with van der Waals surface area (Å²) in [6.45, 7) is 0. The zero-order valence-corrected chi connectivity index (χ0v) is 13.3. The molecule has 0 radical (unpaired) electrons. The average molecular weight is 344 g/mol. The van der Waals surface area contributed by atoms with E-state index in [1.165, 1.54) is 11.8 Å². The maximum Gasteiger partial charge on any atom is 0.257 e. The number of hydrogen-bond acceptors (Lipinski definition) is 5. The molecule has 0 spiro atoms. The first-order valence-corrected chi connectivity index (χ1v) is 8.00. The molecule has 1 heterocycles. The van der Waals surface area contributed by atoms with Crippen molar-refractivity contribution in [3.63, 3.8) is 0 Å². The summed E-state index contributed by atoms with van der Waals surface area (Å²) in [5, 5.41) is 12.3. The lowest BCUT2D eigenvalue weighted by molar-refractivity contribution is -0.113. The quantitative estimate of drug-likeness (QED) is 0.722. The Bertz CT molecular complexity index is 884. The van der Waals surface area contributed by atoms with Gasteiger partial charge in [-0.1, -0.05) is 35.5 Å². The molecule has 0 aliphatic heterocycles. The smallest absolute Gasteiger partial charge is 0.257 e. The fraction of sp³-hybridized carbons (Fsp3) is 0.0625. The number of nitrogens with zero attached hydrogens (tertiary/aromatic N) is 2. The van der Waals surface area contributed by atoms with E-state index in [0.717, 1.165) is 5.52 Å². The van der Waals surface area contributed by atoms with Crippen LogP contribution in [0.3, 0.4) is 0 Å². The number of nitrogens with one attached hydrogen (secondary N) is 1. The Morgan fingerprint density at radius 2 is 2.17 bits per heavy atom. The van der Waals surface area contributed by atoms with Crippen molar-refractivity contribution in [2.45, 2.75) is 5.22 Å². The van der Waals surface area contributed by atoms with Crippen LogP contribution < -0.4 is 5.32 Å². The topological polar surface area (TPSA) is 78.9 Å². The van der Waals surface area contributed by atoms with Crippen molar-refractivity contribution in [3.05, 3.63) is 53.1 Å². The Hall–Kier alpha value is -2.49. The molecule has 0 saturated heterocycles. The van der Waals surface area contributed by atoms with Crippen molar-refractivity contribution in [2.75, 3.05) is 11.1 Å². The average Bonchev–Trinajstić information content (AvgIpc) is 2.96. The van der Waals surface area contributed by atoms with Crippen LogP contribution in [0, 0.1) is 11.3 Å². The molecular weight excluding hydrogens is 334 g/mol. The third-order valence-electron chi connectivity index (χ3n) is 2.97. The number of carbonyl (C=O) groups is 1. The highest BCUT2D eigenvalue weighted by Crippen LogP contribution is 2.24. The monoisotopic (exact) mass is 343 g/mol. The molecule has 2 aromatic carbocycles. The molecule has 3 aromatic rings. The minimum absolute atomic E-state index is 0.157. The van der Waals surface area contributed by atoms with Gasteiger partial charge in [-0.25, -0.2) is 4.98 Å². The molecule has 0 saturated carbocycles. The summed E-state index contributed by atoms with van der Waals surface area (Å²) in [5.41, 5.74) is 2.35. The Morgan fingerprint density at radius 1 is 1.35 bits per heavy atom. The molecule has 1 aromatic heterocycles. The summed E-state index contributed by atoms with van der Waals surface area (Å²) in [6, 6.07) is 14.1. The molecule has 3 rings (SSSR count). The van der Waals surface area contributed by atoms with Gasteiger partial charge >= 0.3 is 0 Å². The van der Waals surface area contributed by atoms with Crippen LogP contribution in [-0.2, 0) is 4.79 Å². The number of hydrogen-bond donors (Lipinski definition) is 1. The first kappa shape index (κ1) is 15.4. The molecule has 23 heavy (non-hydrogen) atoms. The summed E-state index contributed by atoms with van der Waals surface area (Å²) in [6.07, 6.45) is 0. The lowest BCUT2D eigenvalue weighted by Gasteiger charge is -2.05. The summed E-state index contributed by atoms with van der Waals surface area (Å²) in [4.78, 5) is 16.2. The number of para-hydroxylation sites is 2.